The van der Waals surface area contributed by atoms with Gasteiger partial charge in [-0.1, -0.05) is 12.8 Å². The third-order valence-corrected chi connectivity index (χ3v) is 4.45. The van der Waals surface area contributed by atoms with Gasteiger partial charge in [-0.25, -0.2) is 9.67 Å². The maximum Gasteiger partial charge on any atom is 0.215 e. The maximum absolute atomic E-state index is 9.62. The van der Waals surface area contributed by atoms with E-state index in [1.807, 2.05) is 16.8 Å². The molecule has 2 heterocycles. The molecule has 1 saturated carbocycles. The van der Waals surface area contributed by atoms with Crippen LogP contribution in [0.4, 0.5) is 0 Å². The molecule has 0 saturated heterocycles. The van der Waals surface area contributed by atoms with Crippen LogP contribution in [0, 0.1) is 0 Å². The van der Waals surface area contributed by atoms with Crippen molar-refractivity contribution in [2.75, 3.05) is 0 Å². The van der Waals surface area contributed by atoms with Gasteiger partial charge in [0.2, 0.25) is 5.16 Å². The fourth-order valence-electron chi connectivity index (χ4n) is 2.46. The number of tetrazole rings is 1. The summed E-state index contributed by atoms with van der Waals surface area (Å²) in [6.45, 7) is 1.74. The van der Waals surface area contributed by atoms with Crippen LogP contribution in [-0.4, -0.2) is 30.3 Å². The predicted molar refractivity (Wildman–Crippen MR) is 74.3 cm³/mol. The first-order valence-electron chi connectivity index (χ1n) is 6.84. The fraction of sp³-hybridized carbons (Fsp3) is 0.538. The molecule has 0 unspecified atom stereocenters. The zero-order chi connectivity index (χ0) is 13.9. The minimum atomic E-state index is -0.497. The molecular weight excluding hydrogens is 274 g/mol. The Morgan fingerprint density at radius 1 is 1.40 bits per heavy atom. The lowest BCUT2D eigenvalue weighted by molar-refractivity contribution is 0.199. The molecular formula is C13H17N5OS. The van der Waals surface area contributed by atoms with Crippen molar-refractivity contribution in [2.24, 2.45) is 0 Å². The van der Waals surface area contributed by atoms with Crippen molar-refractivity contribution in [1.82, 2.24) is 25.2 Å². The van der Waals surface area contributed by atoms with Gasteiger partial charge in [-0.2, -0.15) is 0 Å². The summed E-state index contributed by atoms with van der Waals surface area (Å²) in [4.78, 5) is 4.31. The van der Waals surface area contributed by atoms with Crippen molar-refractivity contribution in [1.29, 1.82) is 0 Å². The van der Waals surface area contributed by atoms with Gasteiger partial charge in [-0.15, -0.1) is 5.10 Å². The predicted octanol–water partition coefficient (Wildman–Crippen LogP) is 2.39. The van der Waals surface area contributed by atoms with E-state index >= 15 is 0 Å². The summed E-state index contributed by atoms with van der Waals surface area (Å²) in [5.74, 6) is 0. The Balaban J connectivity index is 1.81. The van der Waals surface area contributed by atoms with E-state index in [4.69, 9.17) is 0 Å². The molecule has 20 heavy (non-hydrogen) atoms. The molecule has 1 fully saturated rings. The molecule has 106 valence electrons. The van der Waals surface area contributed by atoms with Crippen LogP contribution in [0.25, 0.3) is 0 Å². The maximum atomic E-state index is 9.62. The first-order valence-corrected chi connectivity index (χ1v) is 7.65. The second kappa shape index (κ2) is 5.88. The van der Waals surface area contributed by atoms with Gasteiger partial charge in [0.05, 0.1) is 12.1 Å². The van der Waals surface area contributed by atoms with E-state index < -0.39 is 6.10 Å². The molecule has 0 radical (unpaired) electrons. The lowest BCUT2D eigenvalue weighted by Gasteiger charge is -2.11. The zero-order valence-corrected chi connectivity index (χ0v) is 12.1. The Hall–Kier alpha value is -1.47. The minimum absolute atomic E-state index is 0.410. The van der Waals surface area contributed by atoms with Crippen LogP contribution in [0.2, 0.25) is 0 Å². The molecule has 2 aromatic rings. The Morgan fingerprint density at radius 3 is 2.95 bits per heavy atom. The summed E-state index contributed by atoms with van der Waals surface area (Å²) < 4.78 is 1.91. The Morgan fingerprint density at radius 2 is 2.20 bits per heavy atom. The molecule has 0 spiro atoms. The summed E-state index contributed by atoms with van der Waals surface area (Å²) in [5, 5.41) is 23.2. The zero-order valence-electron chi connectivity index (χ0n) is 11.3. The molecule has 0 bridgehead atoms. The highest BCUT2D eigenvalue weighted by molar-refractivity contribution is 7.99. The van der Waals surface area contributed by atoms with E-state index in [1.165, 1.54) is 24.6 Å². The first-order chi connectivity index (χ1) is 9.74. The van der Waals surface area contributed by atoms with Gasteiger partial charge >= 0.3 is 0 Å². The fourth-order valence-corrected chi connectivity index (χ4v) is 3.32. The summed E-state index contributed by atoms with van der Waals surface area (Å²) in [6, 6.07) is 4.10. The van der Waals surface area contributed by atoms with Gasteiger partial charge in [-0.05, 0) is 59.7 Å². The molecule has 0 amide bonds. The second-order valence-corrected chi connectivity index (χ2v) is 6.04. The lowest BCUT2D eigenvalue weighted by Crippen LogP contribution is -2.08. The summed E-state index contributed by atoms with van der Waals surface area (Å²) in [7, 11) is 0. The molecule has 0 aromatic carbocycles. The van der Waals surface area contributed by atoms with Crippen LogP contribution in [0.3, 0.4) is 0 Å². The third-order valence-electron chi connectivity index (χ3n) is 3.57. The van der Waals surface area contributed by atoms with E-state index in [1.54, 1.807) is 13.1 Å². The number of aliphatic hydroxyl groups excluding tert-OH is 1. The summed E-state index contributed by atoms with van der Waals surface area (Å²) in [6.07, 6.45) is 5.96. The number of hydrogen-bond acceptors (Lipinski definition) is 6. The molecule has 1 aliphatic carbocycles. The van der Waals surface area contributed by atoms with Crippen molar-refractivity contribution in [2.45, 2.75) is 54.9 Å². The number of aromatic nitrogens is 5. The largest absolute Gasteiger partial charge is 0.389 e. The monoisotopic (exact) mass is 291 g/mol. The van der Waals surface area contributed by atoms with E-state index in [-0.39, 0.29) is 0 Å². The van der Waals surface area contributed by atoms with Crippen molar-refractivity contribution >= 4 is 11.8 Å². The second-order valence-electron chi connectivity index (χ2n) is 5.05. The SMILES string of the molecule is C[C@H](O)c1ccnc(Sc2nnnn2C2CCCC2)c1. The van der Waals surface area contributed by atoms with E-state index in [0.29, 0.717) is 6.04 Å². The quantitative estimate of drug-likeness (QED) is 0.932. The molecule has 1 N–H and O–H groups in total. The van der Waals surface area contributed by atoms with Crippen LogP contribution >= 0.6 is 11.8 Å². The average molecular weight is 291 g/mol. The normalized spacial score (nSPS) is 17.5. The Kier molecular flexibility index (Phi) is 3.98. The van der Waals surface area contributed by atoms with Gasteiger partial charge in [0.15, 0.2) is 0 Å². The van der Waals surface area contributed by atoms with E-state index in [0.717, 1.165) is 28.6 Å². The minimum Gasteiger partial charge on any atom is -0.389 e. The standard InChI is InChI=1S/C13H17N5OS/c1-9(19)10-6-7-14-12(8-10)20-13-15-16-17-18(13)11-4-2-3-5-11/h6-9,11,19H,2-5H2,1H3/t9-/m0/s1. The van der Waals surface area contributed by atoms with Crippen LogP contribution in [-0.2, 0) is 0 Å². The smallest absolute Gasteiger partial charge is 0.215 e. The van der Waals surface area contributed by atoms with Crippen molar-refractivity contribution < 1.29 is 5.11 Å². The molecule has 2 aromatic heterocycles. The average Bonchev–Trinajstić information content (AvgIpc) is 3.09. The Bertz CT molecular complexity index is 580. The molecule has 7 heteroatoms. The van der Waals surface area contributed by atoms with Gasteiger partial charge in [0, 0.05) is 6.20 Å². The van der Waals surface area contributed by atoms with E-state index in [2.05, 4.69) is 20.5 Å². The third kappa shape index (κ3) is 2.83. The summed E-state index contributed by atoms with van der Waals surface area (Å²) >= 11 is 1.44. The number of pyridine rings is 1. The van der Waals surface area contributed by atoms with Crippen LogP contribution in [0.5, 0.6) is 0 Å². The topological polar surface area (TPSA) is 76.7 Å². The molecule has 3 rings (SSSR count). The van der Waals surface area contributed by atoms with Gasteiger partial charge in [-0.3, -0.25) is 0 Å². The van der Waals surface area contributed by atoms with Crippen LogP contribution < -0.4 is 0 Å². The number of rotatable bonds is 4. The van der Waals surface area contributed by atoms with Crippen LogP contribution in [0.15, 0.2) is 28.5 Å². The van der Waals surface area contributed by atoms with Crippen molar-refractivity contribution in [3.05, 3.63) is 23.9 Å². The first kappa shape index (κ1) is 13.5. The van der Waals surface area contributed by atoms with E-state index in [9.17, 15) is 5.11 Å². The lowest BCUT2D eigenvalue weighted by atomic mass is 10.2. The molecule has 6 nitrogen and oxygen atoms in total. The number of hydrogen-bond donors (Lipinski definition) is 1. The summed E-state index contributed by atoms with van der Waals surface area (Å²) in [5.41, 5.74) is 0.849. The highest BCUT2D eigenvalue weighted by Gasteiger charge is 2.22. The highest BCUT2D eigenvalue weighted by atomic mass is 32.2. The number of aliphatic hydroxyl groups is 1. The van der Waals surface area contributed by atoms with Crippen molar-refractivity contribution in [3.8, 4) is 0 Å². The van der Waals surface area contributed by atoms with Gasteiger partial charge in [0.25, 0.3) is 0 Å². The Labute approximate surface area is 121 Å². The van der Waals surface area contributed by atoms with Gasteiger partial charge in [0.1, 0.15) is 5.03 Å². The molecule has 1 aliphatic rings. The molecule has 0 aliphatic heterocycles. The van der Waals surface area contributed by atoms with Gasteiger partial charge < -0.3 is 5.11 Å². The van der Waals surface area contributed by atoms with Crippen LogP contribution in [0.1, 0.15) is 50.3 Å². The highest BCUT2D eigenvalue weighted by Crippen LogP contribution is 2.33. The van der Waals surface area contributed by atoms with Crippen molar-refractivity contribution in [3.63, 3.8) is 0 Å². The molecule has 1 atom stereocenters. The number of nitrogens with zero attached hydrogens (tertiary/aromatic N) is 5.